The summed E-state index contributed by atoms with van der Waals surface area (Å²) in [7, 11) is 3.13. The monoisotopic (exact) mass is 512 g/mol. The van der Waals surface area contributed by atoms with E-state index in [4.69, 9.17) is 9.47 Å². The minimum Gasteiger partial charge on any atom is -0.497 e. The van der Waals surface area contributed by atoms with Crippen molar-refractivity contribution in [3.05, 3.63) is 114 Å². The van der Waals surface area contributed by atoms with Gasteiger partial charge in [0.15, 0.2) is 0 Å². The van der Waals surface area contributed by atoms with Gasteiger partial charge < -0.3 is 20.1 Å². The molecule has 37 heavy (non-hydrogen) atoms. The standard InChI is InChI=1S/C30H28N2O4S/c1-20-9-11-22(12-10-20)29(33)31-23-13-16-25(17-14-23)37-28(21-7-5-4-6-8-21)30(34)32-26-19-24(35-2)15-18-27(26)36-3/h4-19,28H,1-3H3,(H,31,33)(H,32,34). The van der Waals surface area contributed by atoms with E-state index < -0.39 is 5.25 Å². The molecule has 1 unspecified atom stereocenters. The van der Waals surface area contributed by atoms with Crippen molar-refractivity contribution < 1.29 is 19.1 Å². The summed E-state index contributed by atoms with van der Waals surface area (Å²) in [5.74, 6) is 0.789. The van der Waals surface area contributed by atoms with E-state index >= 15 is 0 Å². The van der Waals surface area contributed by atoms with Crippen molar-refractivity contribution in [2.45, 2.75) is 17.1 Å². The Bertz CT molecular complexity index is 1360. The molecule has 1 atom stereocenters. The predicted octanol–water partition coefficient (Wildman–Crippen LogP) is 6.74. The molecule has 4 aromatic rings. The molecule has 4 aromatic carbocycles. The maximum atomic E-state index is 13.5. The average Bonchev–Trinajstić information content (AvgIpc) is 2.93. The van der Waals surface area contributed by atoms with Crippen LogP contribution in [0.4, 0.5) is 11.4 Å². The van der Waals surface area contributed by atoms with Crippen LogP contribution in [0.5, 0.6) is 11.5 Å². The first kappa shape index (κ1) is 25.9. The highest BCUT2D eigenvalue weighted by Gasteiger charge is 2.23. The van der Waals surface area contributed by atoms with Crippen molar-refractivity contribution in [1.29, 1.82) is 0 Å². The Morgan fingerprint density at radius 1 is 0.784 bits per heavy atom. The molecule has 0 saturated heterocycles. The average molecular weight is 513 g/mol. The summed E-state index contributed by atoms with van der Waals surface area (Å²) in [5.41, 5.74) is 3.76. The van der Waals surface area contributed by atoms with Crippen LogP contribution in [-0.2, 0) is 4.79 Å². The number of benzene rings is 4. The maximum absolute atomic E-state index is 13.5. The van der Waals surface area contributed by atoms with E-state index in [1.165, 1.54) is 11.8 Å². The zero-order chi connectivity index (χ0) is 26.2. The number of thioether (sulfide) groups is 1. The number of carbonyl (C=O) groups is 2. The third-order valence-corrected chi connectivity index (χ3v) is 6.95. The van der Waals surface area contributed by atoms with Crippen molar-refractivity contribution in [3.8, 4) is 11.5 Å². The van der Waals surface area contributed by atoms with Gasteiger partial charge in [0.25, 0.3) is 5.91 Å². The Kier molecular flexibility index (Phi) is 8.48. The zero-order valence-electron chi connectivity index (χ0n) is 20.9. The number of ether oxygens (including phenoxy) is 2. The maximum Gasteiger partial charge on any atom is 0.255 e. The summed E-state index contributed by atoms with van der Waals surface area (Å²) < 4.78 is 10.7. The fourth-order valence-corrected chi connectivity index (χ4v) is 4.70. The number of methoxy groups -OCH3 is 2. The first-order valence-corrected chi connectivity index (χ1v) is 12.6. The van der Waals surface area contributed by atoms with Gasteiger partial charge in [-0.2, -0.15) is 0 Å². The molecule has 0 saturated carbocycles. The fraction of sp³-hybridized carbons (Fsp3) is 0.133. The SMILES string of the molecule is COc1ccc(OC)c(NC(=O)C(Sc2ccc(NC(=O)c3ccc(C)cc3)cc2)c2ccccc2)c1. The largest absolute Gasteiger partial charge is 0.497 e. The van der Waals surface area contributed by atoms with E-state index in [1.54, 1.807) is 44.6 Å². The second-order valence-corrected chi connectivity index (χ2v) is 9.49. The van der Waals surface area contributed by atoms with Gasteiger partial charge in [0.1, 0.15) is 16.7 Å². The van der Waals surface area contributed by atoms with E-state index in [1.807, 2.05) is 73.7 Å². The van der Waals surface area contributed by atoms with Crippen LogP contribution in [0.3, 0.4) is 0 Å². The van der Waals surface area contributed by atoms with E-state index in [0.717, 1.165) is 16.0 Å². The Labute approximate surface area is 221 Å². The van der Waals surface area contributed by atoms with Gasteiger partial charge >= 0.3 is 0 Å². The topological polar surface area (TPSA) is 76.7 Å². The highest BCUT2D eigenvalue weighted by atomic mass is 32.2. The first-order valence-electron chi connectivity index (χ1n) is 11.7. The van der Waals surface area contributed by atoms with Gasteiger partial charge in [-0.15, -0.1) is 11.8 Å². The molecule has 0 aliphatic carbocycles. The molecule has 0 spiro atoms. The van der Waals surface area contributed by atoms with Crippen LogP contribution in [0.2, 0.25) is 0 Å². The summed E-state index contributed by atoms with van der Waals surface area (Å²) >= 11 is 1.42. The lowest BCUT2D eigenvalue weighted by Crippen LogP contribution is -2.19. The minimum absolute atomic E-state index is 0.172. The Hall–Kier alpha value is -4.23. The Balaban J connectivity index is 1.51. The Morgan fingerprint density at radius 3 is 2.14 bits per heavy atom. The molecule has 188 valence electrons. The highest BCUT2D eigenvalue weighted by Crippen LogP contribution is 2.38. The first-order chi connectivity index (χ1) is 18.0. The van der Waals surface area contributed by atoms with Crippen molar-refractivity contribution in [2.24, 2.45) is 0 Å². The lowest BCUT2D eigenvalue weighted by atomic mass is 10.1. The van der Waals surface area contributed by atoms with E-state index in [9.17, 15) is 9.59 Å². The lowest BCUT2D eigenvalue weighted by molar-refractivity contribution is -0.115. The highest BCUT2D eigenvalue weighted by molar-refractivity contribution is 8.00. The Morgan fingerprint density at radius 2 is 1.49 bits per heavy atom. The molecule has 0 bridgehead atoms. The van der Waals surface area contributed by atoms with Crippen molar-refractivity contribution in [3.63, 3.8) is 0 Å². The van der Waals surface area contributed by atoms with Crippen molar-refractivity contribution >= 4 is 35.0 Å². The molecule has 0 heterocycles. The van der Waals surface area contributed by atoms with E-state index in [2.05, 4.69) is 10.6 Å². The summed E-state index contributed by atoms with van der Waals surface area (Å²) in [6.45, 7) is 1.98. The number of rotatable bonds is 9. The molecule has 0 radical (unpaired) electrons. The van der Waals surface area contributed by atoms with Gasteiger partial charge in [-0.1, -0.05) is 48.0 Å². The van der Waals surface area contributed by atoms with E-state index in [-0.39, 0.29) is 11.8 Å². The van der Waals surface area contributed by atoms with Crippen molar-refractivity contribution in [2.75, 3.05) is 24.9 Å². The smallest absolute Gasteiger partial charge is 0.255 e. The lowest BCUT2D eigenvalue weighted by Gasteiger charge is -2.19. The molecular formula is C30H28N2O4S. The summed E-state index contributed by atoms with van der Waals surface area (Å²) in [4.78, 5) is 26.9. The molecule has 6 nitrogen and oxygen atoms in total. The molecule has 2 amide bonds. The molecular weight excluding hydrogens is 484 g/mol. The number of nitrogens with one attached hydrogen (secondary N) is 2. The molecule has 0 aromatic heterocycles. The second-order valence-electron chi connectivity index (χ2n) is 8.31. The van der Waals surface area contributed by atoms with Crippen LogP contribution in [0.1, 0.15) is 26.7 Å². The van der Waals surface area contributed by atoms with Gasteiger partial charge in [0.05, 0.1) is 19.9 Å². The second kappa shape index (κ2) is 12.1. The third-order valence-electron chi connectivity index (χ3n) is 5.68. The number of amides is 2. The number of hydrogen-bond acceptors (Lipinski definition) is 5. The van der Waals surface area contributed by atoms with Gasteiger partial charge in [0, 0.05) is 22.2 Å². The van der Waals surface area contributed by atoms with Gasteiger partial charge in [-0.05, 0) is 61.0 Å². The summed E-state index contributed by atoms with van der Waals surface area (Å²) in [6.07, 6.45) is 0. The van der Waals surface area contributed by atoms with Crippen molar-refractivity contribution in [1.82, 2.24) is 0 Å². The van der Waals surface area contributed by atoms with Crippen LogP contribution < -0.4 is 20.1 Å². The quantitative estimate of drug-likeness (QED) is 0.243. The van der Waals surface area contributed by atoms with Crippen LogP contribution in [-0.4, -0.2) is 26.0 Å². The zero-order valence-corrected chi connectivity index (χ0v) is 21.7. The fourth-order valence-electron chi connectivity index (χ4n) is 3.67. The summed E-state index contributed by atoms with van der Waals surface area (Å²) in [6, 6.07) is 29.7. The van der Waals surface area contributed by atoms with Crippen LogP contribution in [0, 0.1) is 6.92 Å². The normalized spacial score (nSPS) is 11.3. The van der Waals surface area contributed by atoms with Crippen LogP contribution in [0.25, 0.3) is 0 Å². The molecule has 4 rings (SSSR count). The molecule has 7 heteroatoms. The number of hydrogen-bond donors (Lipinski definition) is 2. The molecule has 0 fully saturated rings. The number of anilines is 2. The van der Waals surface area contributed by atoms with Crippen LogP contribution >= 0.6 is 11.8 Å². The molecule has 0 aliphatic rings. The molecule has 0 aliphatic heterocycles. The minimum atomic E-state index is -0.523. The third kappa shape index (κ3) is 6.71. The van der Waals surface area contributed by atoms with Gasteiger partial charge in [-0.3, -0.25) is 9.59 Å². The number of carbonyl (C=O) groups excluding carboxylic acids is 2. The van der Waals surface area contributed by atoms with Gasteiger partial charge in [-0.25, -0.2) is 0 Å². The number of aryl methyl sites for hydroxylation is 1. The van der Waals surface area contributed by atoms with Gasteiger partial charge in [0.2, 0.25) is 5.91 Å². The molecule has 2 N–H and O–H groups in total. The summed E-state index contributed by atoms with van der Waals surface area (Å²) in [5, 5.41) is 5.39. The van der Waals surface area contributed by atoms with E-state index in [0.29, 0.717) is 28.4 Å². The predicted molar refractivity (Wildman–Crippen MR) is 149 cm³/mol. The van der Waals surface area contributed by atoms with Crippen LogP contribution in [0.15, 0.2) is 102 Å².